The molecule has 5 rings (SSSR count). The average Bonchev–Trinajstić information content (AvgIpc) is 3.12. The van der Waals surface area contributed by atoms with E-state index in [1.54, 1.807) is 17.5 Å². The zero-order valence-corrected chi connectivity index (χ0v) is 15.9. The fraction of sp³-hybridized carbons (Fsp3) is 0.750. The number of aryl methyl sites for hydroxylation is 1. The Morgan fingerprint density at radius 3 is 2.24 bits per heavy atom. The van der Waals surface area contributed by atoms with Gasteiger partial charge in [-0.3, -0.25) is 0 Å². The Kier molecular flexibility index (Phi) is 4.40. The minimum Gasteiger partial charge on any atom is -0.300 e. The molecule has 1 heteroatoms. The van der Waals surface area contributed by atoms with Crippen LogP contribution in [0, 0.1) is 11.8 Å². The number of hydrogen-bond donors (Lipinski definition) is 0. The molecule has 1 heterocycles. The van der Waals surface area contributed by atoms with Crippen molar-refractivity contribution in [1.82, 2.24) is 4.90 Å². The molecular formula is C24H35N. The van der Waals surface area contributed by atoms with Crippen LogP contribution in [0.15, 0.2) is 24.3 Å². The topological polar surface area (TPSA) is 3.24 Å². The first-order chi connectivity index (χ1) is 12.3. The highest BCUT2D eigenvalue weighted by Gasteiger charge is 2.40. The van der Waals surface area contributed by atoms with Crippen LogP contribution in [0.3, 0.4) is 0 Å². The molecule has 1 spiro atoms. The molecule has 1 aliphatic heterocycles. The van der Waals surface area contributed by atoms with E-state index in [0.717, 1.165) is 17.9 Å². The molecule has 2 atom stereocenters. The van der Waals surface area contributed by atoms with Crippen LogP contribution in [0.25, 0.3) is 0 Å². The van der Waals surface area contributed by atoms with Crippen LogP contribution in [0.1, 0.15) is 81.8 Å². The highest BCUT2D eigenvalue weighted by molar-refractivity contribution is 5.37. The minimum absolute atomic E-state index is 0.520. The van der Waals surface area contributed by atoms with Crippen LogP contribution < -0.4 is 0 Å². The SMILES string of the molecule is c1ccc2c(c1)CCCC21CCN(C2CC[C@@H]3CC[C@@H](CC2)C3)CC1. The maximum absolute atomic E-state index is 2.91. The Bertz CT molecular complexity index is 584. The summed E-state index contributed by atoms with van der Waals surface area (Å²) >= 11 is 0. The van der Waals surface area contributed by atoms with Crippen molar-refractivity contribution in [3.8, 4) is 0 Å². The number of benzene rings is 1. The molecule has 2 bridgehead atoms. The smallest absolute Gasteiger partial charge is 0.00954 e. The maximum atomic E-state index is 2.91. The van der Waals surface area contributed by atoms with Gasteiger partial charge in [0.15, 0.2) is 0 Å². The van der Waals surface area contributed by atoms with E-state index in [-0.39, 0.29) is 0 Å². The summed E-state index contributed by atoms with van der Waals surface area (Å²) in [6, 6.07) is 10.3. The lowest BCUT2D eigenvalue weighted by Crippen LogP contribution is -2.48. The summed E-state index contributed by atoms with van der Waals surface area (Å²) in [6.45, 7) is 2.71. The Balaban J connectivity index is 1.27. The number of hydrogen-bond acceptors (Lipinski definition) is 1. The second-order valence-corrected chi connectivity index (χ2v) is 9.68. The molecule has 3 fully saturated rings. The van der Waals surface area contributed by atoms with Gasteiger partial charge < -0.3 is 4.90 Å². The molecule has 2 saturated carbocycles. The lowest BCUT2D eigenvalue weighted by atomic mass is 9.64. The number of rotatable bonds is 1. The van der Waals surface area contributed by atoms with Gasteiger partial charge >= 0.3 is 0 Å². The molecule has 25 heavy (non-hydrogen) atoms. The molecule has 1 aromatic carbocycles. The van der Waals surface area contributed by atoms with Crippen molar-refractivity contribution in [2.24, 2.45) is 11.8 Å². The van der Waals surface area contributed by atoms with Gasteiger partial charge in [-0.05, 0) is 106 Å². The summed E-state index contributed by atoms with van der Waals surface area (Å²) in [4.78, 5) is 2.91. The zero-order valence-electron chi connectivity index (χ0n) is 15.9. The molecule has 0 radical (unpaired) electrons. The van der Waals surface area contributed by atoms with Crippen LogP contribution in [0.4, 0.5) is 0 Å². The lowest BCUT2D eigenvalue weighted by molar-refractivity contribution is 0.0859. The molecule has 0 amide bonds. The van der Waals surface area contributed by atoms with Crippen molar-refractivity contribution in [3.63, 3.8) is 0 Å². The Morgan fingerprint density at radius 1 is 0.800 bits per heavy atom. The monoisotopic (exact) mass is 337 g/mol. The van der Waals surface area contributed by atoms with E-state index >= 15 is 0 Å². The molecule has 0 N–H and O–H groups in total. The summed E-state index contributed by atoms with van der Waals surface area (Å²) in [5.41, 5.74) is 3.90. The van der Waals surface area contributed by atoms with E-state index < -0.39 is 0 Å². The van der Waals surface area contributed by atoms with Crippen molar-refractivity contribution < 1.29 is 0 Å². The minimum atomic E-state index is 0.520. The van der Waals surface area contributed by atoms with E-state index in [9.17, 15) is 0 Å². The average molecular weight is 338 g/mol. The summed E-state index contributed by atoms with van der Waals surface area (Å²) < 4.78 is 0. The first kappa shape index (κ1) is 16.4. The van der Waals surface area contributed by atoms with Gasteiger partial charge in [0.05, 0.1) is 0 Å². The van der Waals surface area contributed by atoms with E-state index in [4.69, 9.17) is 0 Å². The number of likely N-dealkylation sites (tertiary alicyclic amines) is 1. The number of fused-ring (bicyclic) bond motifs is 4. The molecule has 0 unspecified atom stereocenters. The van der Waals surface area contributed by atoms with Gasteiger partial charge in [0.1, 0.15) is 0 Å². The van der Waals surface area contributed by atoms with Crippen molar-refractivity contribution in [2.75, 3.05) is 13.1 Å². The number of piperidine rings is 1. The lowest BCUT2D eigenvalue weighted by Gasteiger charge is -2.48. The fourth-order valence-electron chi connectivity index (χ4n) is 6.91. The first-order valence-electron chi connectivity index (χ1n) is 11.1. The van der Waals surface area contributed by atoms with Crippen molar-refractivity contribution in [3.05, 3.63) is 35.4 Å². The summed E-state index contributed by atoms with van der Waals surface area (Å²) in [5, 5.41) is 0. The molecule has 3 aliphatic carbocycles. The third-order valence-corrected chi connectivity index (χ3v) is 8.43. The van der Waals surface area contributed by atoms with Gasteiger partial charge in [0, 0.05) is 6.04 Å². The Labute approximate surface area is 154 Å². The van der Waals surface area contributed by atoms with E-state index in [2.05, 4.69) is 29.2 Å². The molecule has 1 saturated heterocycles. The third-order valence-electron chi connectivity index (χ3n) is 8.43. The van der Waals surface area contributed by atoms with Crippen LogP contribution >= 0.6 is 0 Å². The highest BCUT2D eigenvalue weighted by atomic mass is 15.2. The van der Waals surface area contributed by atoms with Crippen molar-refractivity contribution in [1.29, 1.82) is 0 Å². The molecule has 4 aliphatic rings. The zero-order chi connectivity index (χ0) is 16.7. The van der Waals surface area contributed by atoms with E-state index in [1.165, 1.54) is 83.7 Å². The second-order valence-electron chi connectivity index (χ2n) is 9.68. The third kappa shape index (κ3) is 3.07. The van der Waals surface area contributed by atoms with Gasteiger partial charge in [0.25, 0.3) is 0 Å². The molecular weight excluding hydrogens is 302 g/mol. The van der Waals surface area contributed by atoms with Gasteiger partial charge in [-0.1, -0.05) is 37.1 Å². The van der Waals surface area contributed by atoms with Crippen LogP contribution in [0.5, 0.6) is 0 Å². The van der Waals surface area contributed by atoms with E-state index in [0.29, 0.717) is 5.41 Å². The van der Waals surface area contributed by atoms with Crippen molar-refractivity contribution in [2.45, 2.75) is 88.5 Å². The highest BCUT2D eigenvalue weighted by Crippen LogP contribution is 2.46. The van der Waals surface area contributed by atoms with Gasteiger partial charge in [-0.15, -0.1) is 0 Å². The molecule has 1 aromatic rings. The van der Waals surface area contributed by atoms with Crippen molar-refractivity contribution >= 4 is 0 Å². The molecule has 0 aromatic heterocycles. The van der Waals surface area contributed by atoms with Gasteiger partial charge in [-0.25, -0.2) is 0 Å². The standard InChI is InChI=1S/C24H35N/c1-2-6-23-21(4-1)5-3-13-24(23)14-16-25(17-15-24)22-11-9-19-7-8-20(18-19)10-12-22/h1-2,4,6,19-20,22H,3,5,7-18H2/t19-,20-/m0/s1. The van der Waals surface area contributed by atoms with E-state index in [1.807, 2.05) is 0 Å². The molecule has 1 nitrogen and oxygen atoms in total. The summed E-state index contributed by atoms with van der Waals surface area (Å²) in [6.07, 6.45) is 17.6. The van der Waals surface area contributed by atoms with Gasteiger partial charge in [-0.2, -0.15) is 0 Å². The Hall–Kier alpha value is -0.820. The van der Waals surface area contributed by atoms with Crippen LogP contribution in [0.2, 0.25) is 0 Å². The normalized spacial score (nSPS) is 33.0. The van der Waals surface area contributed by atoms with Crippen LogP contribution in [-0.4, -0.2) is 24.0 Å². The second kappa shape index (κ2) is 6.72. The van der Waals surface area contributed by atoms with Gasteiger partial charge in [0.2, 0.25) is 0 Å². The first-order valence-corrected chi connectivity index (χ1v) is 11.1. The summed E-state index contributed by atoms with van der Waals surface area (Å²) in [5.74, 6) is 2.16. The largest absolute Gasteiger partial charge is 0.300 e. The molecule has 136 valence electrons. The number of nitrogens with zero attached hydrogens (tertiary/aromatic N) is 1. The Morgan fingerprint density at radius 2 is 1.48 bits per heavy atom. The quantitative estimate of drug-likeness (QED) is 0.634. The summed E-state index contributed by atoms with van der Waals surface area (Å²) in [7, 11) is 0. The fourth-order valence-corrected chi connectivity index (χ4v) is 6.91. The maximum Gasteiger partial charge on any atom is 0.00954 e. The van der Waals surface area contributed by atoms with Crippen LogP contribution in [-0.2, 0) is 11.8 Å². The predicted molar refractivity (Wildman–Crippen MR) is 105 cm³/mol. The predicted octanol–water partition coefficient (Wildman–Crippen LogP) is 5.72.